The molecule has 5 nitrogen and oxygen atoms in total. The van der Waals surface area contributed by atoms with Gasteiger partial charge in [0.25, 0.3) is 0 Å². The van der Waals surface area contributed by atoms with Crippen molar-refractivity contribution < 1.29 is 27.9 Å². The molecule has 1 amide bonds. The maximum atomic E-state index is 12.8. The first-order valence-corrected chi connectivity index (χ1v) is 11.5. The van der Waals surface area contributed by atoms with E-state index in [-0.39, 0.29) is 11.3 Å². The van der Waals surface area contributed by atoms with Crippen LogP contribution in [0, 0.1) is 0 Å². The van der Waals surface area contributed by atoms with Gasteiger partial charge in [-0.25, -0.2) is 4.79 Å². The number of alkyl halides is 3. The van der Waals surface area contributed by atoms with Gasteiger partial charge in [0.2, 0.25) is 5.91 Å². The summed E-state index contributed by atoms with van der Waals surface area (Å²) in [5.41, 5.74) is 4.30. The van der Waals surface area contributed by atoms with Crippen molar-refractivity contribution in [1.29, 1.82) is 0 Å². The van der Waals surface area contributed by atoms with Crippen LogP contribution in [0.2, 0.25) is 0 Å². The summed E-state index contributed by atoms with van der Waals surface area (Å²) >= 11 is 0. The van der Waals surface area contributed by atoms with Gasteiger partial charge in [0.1, 0.15) is 0 Å². The average molecular weight is 477 g/mol. The summed E-state index contributed by atoms with van der Waals surface area (Å²) in [6, 6.07) is 19.6. The van der Waals surface area contributed by atoms with Crippen molar-refractivity contribution in [3.8, 4) is 0 Å². The summed E-state index contributed by atoms with van der Waals surface area (Å²) in [6.07, 6.45) is -2.44. The van der Waals surface area contributed by atoms with Gasteiger partial charge >= 0.3 is 12.1 Å². The molecule has 1 N–H and O–H groups in total. The summed E-state index contributed by atoms with van der Waals surface area (Å²) in [6.45, 7) is 8.48. The first kappa shape index (κ1) is 25.7. The molecule has 34 heavy (non-hydrogen) atoms. The van der Waals surface area contributed by atoms with Crippen molar-refractivity contribution in [3.63, 3.8) is 0 Å². The summed E-state index contributed by atoms with van der Waals surface area (Å²) in [4.78, 5) is 26.3. The van der Waals surface area contributed by atoms with Gasteiger partial charge in [0.05, 0.1) is 6.42 Å². The van der Waals surface area contributed by atoms with Crippen molar-refractivity contribution in [2.45, 2.75) is 57.3 Å². The standard InChI is InChI=1S/C24H30N2O.C2HF3O2/c1-19(2)26-17-21-10-6-7-11-22(21)24(18-26)12-14-25(15-13-24)23(27)16-20-8-4-3-5-9-20;3-2(4,5)1(6)7/h3-11,19H,12-18H2,1-2H3;(H,6,7). The molecule has 2 aromatic rings. The zero-order valence-electron chi connectivity index (χ0n) is 19.5. The van der Waals surface area contributed by atoms with E-state index < -0.39 is 12.1 Å². The van der Waals surface area contributed by atoms with Gasteiger partial charge in [-0.15, -0.1) is 0 Å². The first-order chi connectivity index (χ1) is 16.0. The molecule has 0 bridgehead atoms. The Labute approximate surface area is 198 Å². The Balaban J connectivity index is 0.000000406. The molecule has 2 aromatic carbocycles. The number of carboxylic acid groups (broad SMARTS) is 1. The molecule has 2 aliphatic rings. The van der Waals surface area contributed by atoms with Gasteiger partial charge in [-0.05, 0) is 43.4 Å². The number of fused-ring (bicyclic) bond motifs is 2. The van der Waals surface area contributed by atoms with Crippen LogP contribution < -0.4 is 0 Å². The maximum Gasteiger partial charge on any atom is 0.490 e. The number of piperidine rings is 1. The van der Waals surface area contributed by atoms with Crippen molar-refractivity contribution in [2.75, 3.05) is 19.6 Å². The highest BCUT2D eigenvalue weighted by atomic mass is 19.4. The van der Waals surface area contributed by atoms with E-state index in [0.717, 1.165) is 44.6 Å². The molecule has 1 saturated heterocycles. The second-order valence-corrected chi connectivity index (χ2v) is 9.28. The lowest BCUT2D eigenvalue weighted by Gasteiger charge is -2.49. The molecule has 8 heteroatoms. The van der Waals surface area contributed by atoms with Crippen LogP contribution in [0.3, 0.4) is 0 Å². The molecule has 1 spiro atoms. The Morgan fingerprint density at radius 1 is 1.00 bits per heavy atom. The van der Waals surface area contributed by atoms with Crippen LogP contribution in [0.1, 0.15) is 43.4 Å². The molecule has 0 aromatic heterocycles. The molecule has 1 fully saturated rings. The topological polar surface area (TPSA) is 60.9 Å². The van der Waals surface area contributed by atoms with E-state index in [0.29, 0.717) is 12.5 Å². The fourth-order valence-electron chi connectivity index (χ4n) is 4.78. The fourth-order valence-corrected chi connectivity index (χ4v) is 4.78. The number of benzene rings is 2. The third-order valence-electron chi connectivity index (χ3n) is 6.71. The van der Waals surface area contributed by atoms with Crippen molar-refractivity contribution in [1.82, 2.24) is 9.80 Å². The van der Waals surface area contributed by atoms with Crippen molar-refractivity contribution in [2.24, 2.45) is 0 Å². The first-order valence-electron chi connectivity index (χ1n) is 11.5. The van der Waals surface area contributed by atoms with Gasteiger partial charge in [-0.1, -0.05) is 54.6 Å². The quantitative estimate of drug-likeness (QED) is 0.701. The van der Waals surface area contributed by atoms with E-state index in [9.17, 15) is 18.0 Å². The highest BCUT2D eigenvalue weighted by molar-refractivity contribution is 5.79. The molecule has 0 unspecified atom stereocenters. The SMILES string of the molecule is CC(C)N1Cc2ccccc2C2(CCN(C(=O)Cc3ccccc3)CC2)C1.O=C(O)C(F)(F)F. The van der Waals surface area contributed by atoms with Gasteiger partial charge < -0.3 is 10.0 Å². The minimum Gasteiger partial charge on any atom is -0.475 e. The predicted molar refractivity (Wildman–Crippen MR) is 123 cm³/mol. The summed E-state index contributed by atoms with van der Waals surface area (Å²) in [7, 11) is 0. The highest BCUT2D eigenvalue weighted by Crippen LogP contribution is 2.42. The second-order valence-electron chi connectivity index (χ2n) is 9.28. The number of carbonyl (C=O) groups excluding carboxylic acids is 1. The van der Waals surface area contributed by atoms with E-state index >= 15 is 0 Å². The number of nitrogens with zero attached hydrogens (tertiary/aromatic N) is 2. The molecular formula is C26H31F3N2O3. The number of hydrogen-bond acceptors (Lipinski definition) is 3. The zero-order valence-corrected chi connectivity index (χ0v) is 19.5. The molecular weight excluding hydrogens is 445 g/mol. The van der Waals surface area contributed by atoms with Gasteiger partial charge in [0, 0.05) is 37.6 Å². The maximum absolute atomic E-state index is 12.8. The summed E-state index contributed by atoms with van der Waals surface area (Å²) in [5.74, 6) is -2.49. The Morgan fingerprint density at radius 2 is 1.56 bits per heavy atom. The number of rotatable bonds is 3. The number of halogens is 3. The smallest absolute Gasteiger partial charge is 0.475 e. The van der Waals surface area contributed by atoms with Crippen LogP contribution in [-0.2, 0) is 28.0 Å². The van der Waals surface area contributed by atoms with Crippen LogP contribution >= 0.6 is 0 Å². The van der Waals surface area contributed by atoms with E-state index in [1.54, 1.807) is 0 Å². The second kappa shape index (κ2) is 10.6. The summed E-state index contributed by atoms with van der Waals surface area (Å²) in [5, 5.41) is 7.12. The van der Waals surface area contributed by atoms with Crippen LogP contribution in [-0.4, -0.2) is 58.6 Å². The molecule has 4 rings (SSSR count). The van der Waals surface area contributed by atoms with E-state index in [4.69, 9.17) is 9.90 Å². The van der Waals surface area contributed by atoms with Crippen molar-refractivity contribution in [3.05, 3.63) is 71.3 Å². The lowest BCUT2D eigenvalue weighted by molar-refractivity contribution is -0.192. The van der Waals surface area contributed by atoms with E-state index in [2.05, 4.69) is 47.9 Å². The number of amides is 1. The van der Waals surface area contributed by atoms with E-state index in [1.807, 2.05) is 30.3 Å². The molecule has 2 heterocycles. The van der Waals surface area contributed by atoms with Gasteiger partial charge in [0.15, 0.2) is 0 Å². The largest absolute Gasteiger partial charge is 0.490 e. The molecule has 0 atom stereocenters. The monoisotopic (exact) mass is 476 g/mol. The lowest BCUT2D eigenvalue weighted by atomic mass is 9.68. The van der Waals surface area contributed by atoms with Gasteiger partial charge in [-0.3, -0.25) is 9.69 Å². The van der Waals surface area contributed by atoms with Crippen LogP contribution in [0.5, 0.6) is 0 Å². The van der Waals surface area contributed by atoms with Crippen molar-refractivity contribution >= 4 is 11.9 Å². The Morgan fingerprint density at radius 3 is 2.12 bits per heavy atom. The fraction of sp³-hybridized carbons (Fsp3) is 0.462. The minimum atomic E-state index is -5.08. The molecule has 0 saturated carbocycles. The number of likely N-dealkylation sites (tertiary alicyclic amines) is 1. The normalized spacial score (nSPS) is 17.6. The van der Waals surface area contributed by atoms with Crippen LogP contribution in [0.25, 0.3) is 0 Å². The third kappa shape index (κ3) is 6.17. The van der Waals surface area contributed by atoms with Crippen LogP contribution in [0.15, 0.2) is 54.6 Å². The Kier molecular flexibility index (Phi) is 8.02. The number of hydrogen-bond donors (Lipinski definition) is 1. The molecule has 0 aliphatic carbocycles. The lowest BCUT2D eigenvalue weighted by Crippen LogP contribution is -2.54. The Bertz CT molecular complexity index is 984. The summed E-state index contributed by atoms with van der Waals surface area (Å²) < 4.78 is 31.7. The van der Waals surface area contributed by atoms with Gasteiger partial charge in [-0.2, -0.15) is 13.2 Å². The average Bonchev–Trinajstić information content (AvgIpc) is 2.80. The highest BCUT2D eigenvalue weighted by Gasteiger charge is 2.43. The molecule has 0 radical (unpaired) electrons. The van der Waals surface area contributed by atoms with E-state index in [1.165, 1.54) is 11.1 Å². The number of carbonyl (C=O) groups is 2. The number of carboxylic acids is 1. The Hall–Kier alpha value is -2.87. The number of aliphatic carboxylic acids is 1. The predicted octanol–water partition coefficient (Wildman–Crippen LogP) is 4.65. The zero-order chi connectivity index (χ0) is 24.9. The minimum absolute atomic E-state index is 0.197. The molecule has 184 valence electrons. The van der Waals surface area contributed by atoms with Crippen LogP contribution in [0.4, 0.5) is 13.2 Å². The molecule has 2 aliphatic heterocycles. The third-order valence-corrected chi connectivity index (χ3v) is 6.71.